The molecule has 0 radical (unpaired) electrons. The number of hydrogen-bond acceptors (Lipinski definition) is 7. The molecule has 0 aliphatic carbocycles. The van der Waals surface area contributed by atoms with Gasteiger partial charge in [0.25, 0.3) is 17.5 Å². The van der Waals surface area contributed by atoms with Crippen molar-refractivity contribution < 1.29 is 27.7 Å². The molecule has 31 heavy (non-hydrogen) atoms. The minimum atomic E-state index is -3.64. The molecule has 2 aromatic rings. The number of nitrogens with one attached hydrogen (secondary N) is 1. The quantitative estimate of drug-likeness (QED) is 0.401. The van der Waals surface area contributed by atoms with Crippen molar-refractivity contribution in [2.75, 3.05) is 19.4 Å². The van der Waals surface area contributed by atoms with Crippen LogP contribution in [0, 0.1) is 10.1 Å². The van der Waals surface area contributed by atoms with Crippen LogP contribution in [0.25, 0.3) is 0 Å². The second-order valence-electron chi connectivity index (χ2n) is 6.91. The normalized spacial score (nSPS) is 14.5. The molecule has 0 fully saturated rings. The first-order valence-electron chi connectivity index (χ1n) is 8.95. The van der Waals surface area contributed by atoms with Crippen LogP contribution in [0.5, 0.6) is 0 Å². The van der Waals surface area contributed by atoms with Crippen molar-refractivity contribution in [3.05, 3.63) is 63.7 Å². The molecule has 11 nitrogen and oxygen atoms in total. The number of anilines is 1. The number of nitro benzene ring substituents is 1. The summed E-state index contributed by atoms with van der Waals surface area (Å²) in [5.41, 5.74) is -0.756. The van der Waals surface area contributed by atoms with Crippen LogP contribution in [0.2, 0.25) is 0 Å². The predicted molar refractivity (Wildman–Crippen MR) is 109 cm³/mol. The summed E-state index contributed by atoms with van der Waals surface area (Å²) in [6, 6.07) is 7.78. The van der Waals surface area contributed by atoms with E-state index in [1.54, 1.807) is 0 Å². The molecule has 1 aliphatic heterocycles. The Morgan fingerprint density at radius 1 is 1.10 bits per heavy atom. The number of hydrogen-bond donors (Lipinski definition) is 1. The largest absolute Gasteiger partial charge is 0.324 e. The van der Waals surface area contributed by atoms with Crippen molar-refractivity contribution in [3.63, 3.8) is 0 Å². The maximum absolute atomic E-state index is 12.7. The van der Waals surface area contributed by atoms with Crippen LogP contribution < -0.4 is 5.32 Å². The maximum Gasteiger partial charge on any atom is 0.282 e. The number of nitro groups is 1. The van der Waals surface area contributed by atoms with Gasteiger partial charge < -0.3 is 5.32 Å². The fourth-order valence-electron chi connectivity index (χ4n) is 3.07. The highest BCUT2D eigenvalue weighted by Crippen LogP contribution is 2.32. The van der Waals surface area contributed by atoms with E-state index < -0.39 is 44.4 Å². The van der Waals surface area contributed by atoms with Crippen molar-refractivity contribution in [2.45, 2.75) is 17.9 Å². The summed E-state index contributed by atoms with van der Waals surface area (Å²) in [7, 11) is -0.864. The van der Waals surface area contributed by atoms with Gasteiger partial charge >= 0.3 is 0 Å². The van der Waals surface area contributed by atoms with Crippen LogP contribution in [0.4, 0.5) is 11.4 Å². The summed E-state index contributed by atoms with van der Waals surface area (Å²) < 4.78 is 25.3. The molecular weight excluding hydrogens is 428 g/mol. The summed E-state index contributed by atoms with van der Waals surface area (Å²) in [5, 5.41) is 13.7. The number of amides is 3. The molecule has 0 saturated heterocycles. The summed E-state index contributed by atoms with van der Waals surface area (Å²) >= 11 is 0. The van der Waals surface area contributed by atoms with Crippen molar-refractivity contribution in [3.8, 4) is 0 Å². The van der Waals surface area contributed by atoms with E-state index in [1.807, 2.05) is 0 Å². The van der Waals surface area contributed by atoms with Crippen molar-refractivity contribution >= 4 is 39.1 Å². The first kappa shape index (κ1) is 22.1. The number of nitrogens with zero attached hydrogens (tertiary/aromatic N) is 3. The molecule has 0 aromatic heterocycles. The Bertz CT molecular complexity index is 1210. The Hall–Kier alpha value is -3.64. The van der Waals surface area contributed by atoms with Crippen LogP contribution >= 0.6 is 0 Å². The number of benzene rings is 2. The zero-order chi connectivity index (χ0) is 23.1. The van der Waals surface area contributed by atoms with E-state index in [0.717, 1.165) is 10.4 Å². The molecule has 1 aliphatic rings. The predicted octanol–water partition coefficient (Wildman–Crippen LogP) is 1.47. The highest BCUT2D eigenvalue weighted by Gasteiger charge is 2.44. The van der Waals surface area contributed by atoms with Gasteiger partial charge in [-0.25, -0.2) is 12.7 Å². The topological polar surface area (TPSA) is 147 Å². The molecule has 12 heteroatoms. The molecule has 2 aromatic carbocycles. The van der Waals surface area contributed by atoms with Crippen molar-refractivity contribution in [1.29, 1.82) is 0 Å². The lowest BCUT2D eigenvalue weighted by molar-refractivity contribution is -0.385. The molecule has 0 unspecified atom stereocenters. The monoisotopic (exact) mass is 446 g/mol. The van der Waals surface area contributed by atoms with Gasteiger partial charge in [0.15, 0.2) is 0 Å². The third-order valence-electron chi connectivity index (χ3n) is 4.79. The van der Waals surface area contributed by atoms with Crippen molar-refractivity contribution in [1.82, 2.24) is 9.21 Å². The molecule has 1 heterocycles. The molecule has 1 N–H and O–H groups in total. The van der Waals surface area contributed by atoms with Crippen molar-refractivity contribution in [2.24, 2.45) is 0 Å². The first-order chi connectivity index (χ1) is 14.5. The zero-order valence-electron chi connectivity index (χ0n) is 16.7. The summed E-state index contributed by atoms with van der Waals surface area (Å²) in [4.78, 5) is 49.1. The molecule has 162 valence electrons. The standard InChI is InChI=1S/C19H18N4O7S/c1-11(17(24)20-12-7-9-13(10-8-12)31(29,30)21(2)3)22-18(25)14-5-4-6-15(23(27)28)16(14)19(22)26/h4-11H,1-3H3,(H,20,24)/t11-/m0/s1. The second kappa shape index (κ2) is 7.89. The highest BCUT2D eigenvalue weighted by atomic mass is 32.2. The summed E-state index contributed by atoms with van der Waals surface area (Å²) in [5.74, 6) is -2.46. The average Bonchev–Trinajstić information content (AvgIpc) is 2.98. The summed E-state index contributed by atoms with van der Waals surface area (Å²) in [6.45, 7) is 1.31. The average molecular weight is 446 g/mol. The Morgan fingerprint density at radius 3 is 2.26 bits per heavy atom. The van der Waals surface area contributed by atoms with Gasteiger partial charge in [-0.2, -0.15) is 0 Å². The number of carbonyl (C=O) groups excluding carboxylic acids is 3. The van der Waals surface area contributed by atoms with E-state index in [4.69, 9.17) is 0 Å². The van der Waals surface area contributed by atoms with Crippen LogP contribution in [0.15, 0.2) is 47.4 Å². The highest BCUT2D eigenvalue weighted by molar-refractivity contribution is 7.89. The maximum atomic E-state index is 12.7. The number of carbonyl (C=O) groups is 3. The number of fused-ring (bicyclic) bond motifs is 1. The van der Waals surface area contributed by atoms with Gasteiger partial charge in [0.2, 0.25) is 15.9 Å². The Balaban J connectivity index is 1.81. The SMILES string of the molecule is C[C@@H](C(=O)Nc1ccc(S(=O)(=O)N(C)C)cc1)N1C(=O)c2cccc([N+](=O)[O-])c2C1=O. The Morgan fingerprint density at radius 2 is 1.71 bits per heavy atom. The minimum absolute atomic E-state index is 0.0243. The number of sulfonamides is 1. The molecule has 1 atom stereocenters. The molecular formula is C19H18N4O7S. The summed E-state index contributed by atoms with van der Waals surface area (Å²) in [6.07, 6.45) is 0. The molecule has 0 saturated carbocycles. The van der Waals surface area contributed by atoms with Gasteiger partial charge in [-0.1, -0.05) is 6.07 Å². The third-order valence-corrected chi connectivity index (χ3v) is 6.62. The molecule has 3 rings (SSSR count). The van der Waals surface area contributed by atoms with Gasteiger partial charge in [-0.05, 0) is 37.3 Å². The van der Waals surface area contributed by atoms with E-state index >= 15 is 0 Å². The number of imide groups is 1. The van der Waals surface area contributed by atoms with Crippen LogP contribution in [0.3, 0.4) is 0 Å². The Labute approximate surface area is 177 Å². The van der Waals surface area contributed by atoms with Gasteiger partial charge in [-0.3, -0.25) is 29.4 Å². The second-order valence-corrected chi connectivity index (χ2v) is 9.07. The van der Waals surface area contributed by atoms with E-state index in [0.29, 0.717) is 4.90 Å². The van der Waals surface area contributed by atoms with Gasteiger partial charge in [-0.15, -0.1) is 0 Å². The lowest BCUT2D eigenvalue weighted by Gasteiger charge is -2.21. The van der Waals surface area contributed by atoms with Gasteiger partial charge in [0, 0.05) is 25.8 Å². The molecule has 0 spiro atoms. The lowest BCUT2D eigenvalue weighted by Crippen LogP contribution is -2.45. The van der Waals surface area contributed by atoms with Crippen LogP contribution in [-0.2, 0) is 14.8 Å². The third kappa shape index (κ3) is 3.78. The van der Waals surface area contributed by atoms with Gasteiger partial charge in [0.1, 0.15) is 11.6 Å². The smallest absolute Gasteiger partial charge is 0.282 e. The Kier molecular flexibility index (Phi) is 5.61. The molecule has 0 bridgehead atoms. The fourth-order valence-corrected chi connectivity index (χ4v) is 3.98. The lowest BCUT2D eigenvalue weighted by atomic mass is 10.1. The van der Waals surface area contributed by atoms with E-state index in [2.05, 4.69) is 5.32 Å². The van der Waals surface area contributed by atoms with E-state index in [1.165, 1.54) is 57.4 Å². The zero-order valence-corrected chi connectivity index (χ0v) is 17.5. The van der Waals surface area contributed by atoms with Gasteiger partial charge in [0.05, 0.1) is 15.4 Å². The van der Waals surface area contributed by atoms with Crippen LogP contribution in [-0.4, -0.2) is 60.4 Å². The van der Waals surface area contributed by atoms with Crippen LogP contribution in [0.1, 0.15) is 27.6 Å². The number of rotatable bonds is 6. The van der Waals surface area contributed by atoms with E-state index in [-0.39, 0.29) is 21.7 Å². The minimum Gasteiger partial charge on any atom is -0.324 e. The first-order valence-corrected chi connectivity index (χ1v) is 10.4. The van der Waals surface area contributed by atoms with E-state index in [9.17, 15) is 32.9 Å². The molecule has 3 amide bonds. The fraction of sp³-hybridized carbons (Fsp3) is 0.211.